The van der Waals surface area contributed by atoms with Gasteiger partial charge in [0.25, 0.3) is 0 Å². The molecule has 7 heteroatoms. The first-order chi connectivity index (χ1) is 12.6. The maximum atomic E-state index is 13.2. The highest BCUT2D eigenvalue weighted by Crippen LogP contribution is 2.26. The van der Waals surface area contributed by atoms with Crippen LogP contribution in [-0.2, 0) is 0 Å². The first kappa shape index (κ1) is 15.7. The average molecular weight is 345 g/mol. The first-order valence-electron chi connectivity index (χ1n) is 7.81. The van der Waals surface area contributed by atoms with Crippen molar-refractivity contribution in [3.05, 3.63) is 65.6 Å². The number of hydrogen-bond acceptors (Lipinski definition) is 6. The van der Waals surface area contributed by atoms with Gasteiger partial charge in [-0.3, -0.25) is 5.32 Å². The van der Waals surface area contributed by atoms with Crippen LogP contribution < -0.4 is 5.32 Å². The molecule has 0 bridgehead atoms. The Morgan fingerprint density at radius 3 is 2.54 bits per heavy atom. The minimum Gasteiger partial charge on any atom is -0.423 e. The molecule has 2 aromatic carbocycles. The van der Waals surface area contributed by atoms with E-state index in [1.165, 1.54) is 12.1 Å². The second-order valence-corrected chi connectivity index (χ2v) is 5.59. The number of aryl methyl sites for hydroxylation is 1. The number of para-hydroxylation sites is 2. The number of fused-ring (bicyclic) bond motifs is 1. The van der Waals surface area contributed by atoms with Crippen molar-refractivity contribution in [2.75, 3.05) is 5.32 Å². The van der Waals surface area contributed by atoms with E-state index < -0.39 is 0 Å². The van der Waals surface area contributed by atoms with Gasteiger partial charge in [0.15, 0.2) is 5.58 Å². The van der Waals surface area contributed by atoms with Crippen molar-refractivity contribution in [1.82, 2.24) is 15.0 Å². The summed E-state index contributed by atoms with van der Waals surface area (Å²) in [5, 5.41) is 12.4. The molecule has 126 valence electrons. The molecule has 0 atom stereocenters. The number of nitrogens with one attached hydrogen (secondary N) is 1. The monoisotopic (exact) mass is 345 g/mol. The minimum atomic E-state index is -0.358. The average Bonchev–Trinajstić information content (AvgIpc) is 3.04. The summed E-state index contributed by atoms with van der Waals surface area (Å²) in [5.41, 5.74) is 3.21. The van der Waals surface area contributed by atoms with E-state index in [0.717, 1.165) is 0 Å². The van der Waals surface area contributed by atoms with Gasteiger partial charge in [-0.1, -0.05) is 12.1 Å². The largest absolute Gasteiger partial charge is 0.423 e. The van der Waals surface area contributed by atoms with Crippen molar-refractivity contribution in [3.63, 3.8) is 0 Å². The predicted octanol–water partition coefficient (Wildman–Crippen LogP) is 4.35. The summed E-state index contributed by atoms with van der Waals surface area (Å²) in [5.74, 6) is -0.116. The molecule has 0 radical (unpaired) electrons. The lowest BCUT2D eigenvalue weighted by Gasteiger charge is -2.09. The molecule has 0 spiro atoms. The van der Waals surface area contributed by atoms with Gasteiger partial charge in [0, 0.05) is 5.56 Å². The molecule has 4 aromatic rings. The van der Waals surface area contributed by atoms with E-state index >= 15 is 0 Å². The van der Waals surface area contributed by atoms with Crippen molar-refractivity contribution in [3.8, 4) is 17.3 Å². The van der Waals surface area contributed by atoms with Crippen LogP contribution in [0.5, 0.6) is 0 Å². The zero-order chi connectivity index (χ0) is 18.1. The Hall–Kier alpha value is -3.79. The summed E-state index contributed by atoms with van der Waals surface area (Å²) in [6.07, 6.45) is 0. The number of rotatable bonds is 3. The number of benzene rings is 2. The Labute approximate surface area is 148 Å². The Morgan fingerprint density at radius 1 is 1.04 bits per heavy atom. The van der Waals surface area contributed by atoms with E-state index in [2.05, 4.69) is 26.3 Å². The van der Waals surface area contributed by atoms with Crippen molar-refractivity contribution in [1.29, 1.82) is 5.26 Å². The Balaban J connectivity index is 1.77. The molecule has 4 rings (SSSR count). The van der Waals surface area contributed by atoms with Gasteiger partial charge in [-0.15, -0.1) is 0 Å². The fourth-order valence-corrected chi connectivity index (χ4v) is 2.60. The number of hydrogen-bond donors (Lipinski definition) is 1. The highest BCUT2D eigenvalue weighted by Gasteiger charge is 2.15. The Kier molecular flexibility index (Phi) is 3.78. The van der Waals surface area contributed by atoms with Crippen molar-refractivity contribution in [2.45, 2.75) is 6.92 Å². The van der Waals surface area contributed by atoms with E-state index in [9.17, 15) is 9.65 Å². The van der Waals surface area contributed by atoms with E-state index in [-0.39, 0.29) is 17.8 Å². The molecule has 2 aromatic heterocycles. The van der Waals surface area contributed by atoms with E-state index in [0.29, 0.717) is 33.6 Å². The lowest BCUT2D eigenvalue weighted by Crippen LogP contribution is -2.03. The summed E-state index contributed by atoms with van der Waals surface area (Å²) >= 11 is 0. The molecule has 0 unspecified atom stereocenters. The molecule has 0 fully saturated rings. The molecular weight excluding hydrogens is 333 g/mol. The zero-order valence-electron chi connectivity index (χ0n) is 13.7. The van der Waals surface area contributed by atoms with E-state index in [4.69, 9.17) is 4.42 Å². The van der Waals surface area contributed by atoms with Crippen LogP contribution >= 0.6 is 0 Å². The lowest BCUT2D eigenvalue weighted by atomic mass is 10.1. The van der Waals surface area contributed by atoms with Gasteiger partial charge in [0.1, 0.15) is 17.4 Å². The van der Waals surface area contributed by atoms with Crippen LogP contribution in [-0.4, -0.2) is 15.0 Å². The maximum absolute atomic E-state index is 13.2. The number of oxazole rings is 1. The summed E-state index contributed by atoms with van der Waals surface area (Å²) < 4.78 is 18.8. The standard InChI is InChI=1S/C19H12FN5O/c1-11-14(10-21)17(12-6-8-13(20)9-7-12)24-18(22-11)25-19-23-15-4-2-3-5-16(15)26-19/h2-9H,1H3,(H,22,23,24,25). The molecule has 1 N–H and O–H groups in total. The van der Waals surface area contributed by atoms with Gasteiger partial charge in [0.05, 0.1) is 17.0 Å². The maximum Gasteiger partial charge on any atom is 0.302 e. The van der Waals surface area contributed by atoms with E-state index in [1.807, 2.05) is 24.3 Å². The fourth-order valence-electron chi connectivity index (χ4n) is 2.60. The first-order valence-corrected chi connectivity index (χ1v) is 7.81. The second-order valence-electron chi connectivity index (χ2n) is 5.59. The summed E-state index contributed by atoms with van der Waals surface area (Å²) in [6.45, 7) is 1.71. The van der Waals surface area contributed by atoms with Crippen LogP contribution in [0.3, 0.4) is 0 Å². The molecule has 0 aliphatic carbocycles. The smallest absolute Gasteiger partial charge is 0.302 e. The van der Waals surface area contributed by atoms with Crippen LogP contribution in [0.2, 0.25) is 0 Å². The molecule has 6 nitrogen and oxygen atoms in total. The van der Waals surface area contributed by atoms with Crippen molar-refractivity contribution < 1.29 is 8.81 Å². The van der Waals surface area contributed by atoms with Crippen molar-refractivity contribution >= 4 is 23.1 Å². The number of halogens is 1. The third-order valence-electron chi connectivity index (χ3n) is 3.83. The van der Waals surface area contributed by atoms with Crippen molar-refractivity contribution in [2.24, 2.45) is 0 Å². The minimum absolute atomic E-state index is 0.243. The number of anilines is 2. The van der Waals surface area contributed by atoms with Crippen LogP contribution in [0.15, 0.2) is 52.9 Å². The highest BCUT2D eigenvalue weighted by molar-refractivity contribution is 5.75. The predicted molar refractivity (Wildman–Crippen MR) is 94.2 cm³/mol. The van der Waals surface area contributed by atoms with Gasteiger partial charge in [-0.25, -0.2) is 14.4 Å². The molecule has 0 amide bonds. The normalized spacial score (nSPS) is 10.7. The molecule has 26 heavy (non-hydrogen) atoms. The molecule has 2 heterocycles. The van der Waals surface area contributed by atoms with Crippen LogP contribution in [0.25, 0.3) is 22.4 Å². The van der Waals surface area contributed by atoms with Crippen LogP contribution in [0.1, 0.15) is 11.3 Å². The van der Waals surface area contributed by atoms with Gasteiger partial charge in [-0.2, -0.15) is 10.2 Å². The van der Waals surface area contributed by atoms with E-state index in [1.54, 1.807) is 19.1 Å². The van der Waals surface area contributed by atoms with Crippen LogP contribution in [0, 0.1) is 24.1 Å². The molecule has 0 saturated carbocycles. The summed E-state index contributed by atoms with van der Waals surface area (Å²) in [4.78, 5) is 13.0. The Morgan fingerprint density at radius 2 is 1.81 bits per heavy atom. The van der Waals surface area contributed by atoms with Gasteiger partial charge in [-0.05, 0) is 43.3 Å². The molecule has 0 aliphatic heterocycles. The fraction of sp³-hybridized carbons (Fsp3) is 0.0526. The third kappa shape index (κ3) is 2.84. The quantitative estimate of drug-likeness (QED) is 0.594. The van der Waals surface area contributed by atoms with Crippen LogP contribution in [0.4, 0.5) is 16.4 Å². The Bertz CT molecular complexity index is 1110. The summed E-state index contributed by atoms with van der Waals surface area (Å²) in [6, 6.07) is 15.5. The highest BCUT2D eigenvalue weighted by atomic mass is 19.1. The molecular formula is C19H12FN5O. The topological polar surface area (TPSA) is 87.6 Å². The summed E-state index contributed by atoms with van der Waals surface area (Å²) in [7, 11) is 0. The zero-order valence-corrected chi connectivity index (χ0v) is 13.7. The van der Waals surface area contributed by atoms with Gasteiger partial charge in [0.2, 0.25) is 5.95 Å². The SMILES string of the molecule is Cc1nc(Nc2nc3ccccc3o2)nc(-c2ccc(F)cc2)c1C#N. The molecule has 0 saturated heterocycles. The third-order valence-corrected chi connectivity index (χ3v) is 3.83. The molecule has 0 aliphatic rings. The van der Waals surface area contributed by atoms with Gasteiger partial charge >= 0.3 is 6.01 Å². The number of nitriles is 1. The number of nitrogens with zero attached hydrogens (tertiary/aromatic N) is 4. The number of aromatic nitrogens is 3. The van der Waals surface area contributed by atoms with Gasteiger partial charge < -0.3 is 4.42 Å². The second kappa shape index (κ2) is 6.26. The lowest BCUT2D eigenvalue weighted by molar-refractivity contribution is 0.621.